The van der Waals surface area contributed by atoms with Gasteiger partial charge in [-0.1, -0.05) is 35.5 Å². The van der Waals surface area contributed by atoms with Crippen molar-refractivity contribution in [3.8, 4) is 0 Å². The van der Waals surface area contributed by atoms with Gasteiger partial charge in [0.2, 0.25) is 0 Å². The molecule has 1 N–H and O–H groups in total. The number of thioether (sulfide) groups is 1. The van der Waals surface area contributed by atoms with Gasteiger partial charge in [0.25, 0.3) is 11.7 Å². The molecule has 0 bridgehead atoms. The smallest absolute Gasteiger partial charge is 0.288 e. The first kappa shape index (κ1) is 16.0. The monoisotopic (exact) mass is 371 g/mol. The van der Waals surface area contributed by atoms with Crippen LogP contribution >= 0.6 is 27.7 Å². The first-order valence-corrected chi connectivity index (χ1v) is 7.76. The Balaban J connectivity index is 2.25. The molecule has 0 aliphatic rings. The maximum absolute atomic E-state index is 12.5. The molecule has 1 amide bonds. The second-order valence-electron chi connectivity index (χ2n) is 4.31. The zero-order chi connectivity index (χ0) is 15.4. The highest BCUT2D eigenvalue weighted by molar-refractivity contribution is 9.10. The highest BCUT2D eigenvalue weighted by Gasteiger charge is 2.14. The van der Waals surface area contributed by atoms with Gasteiger partial charge in [-0.2, -0.15) is 8.78 Å². The highest BCUT2D eigenvalue weighted by atomic mass is 79.9. The molecule has 2 nitrogen and oxygen atoms in total. The number of hydrogen-bond donors (Lipinski definition) is 1. The summed E-state index contributed by atoms with van der Waals surface area (Å²) in [4.78, 5) is 12.6. The average molecular weight is 372 g/mol. The van der Waals surface area contributed by atoms with E-state index >= 15 is 0 Å². The predicted octanol–water partition coefficient (Wildman–Crippen LogP) is 5.32. The van der Waals surface area contributed by atoms with E-state index in [4.69, 9.17) is 0 Å². The molecule has 0 saturated carbocycles. The maximum Gasteiger partial charge on any atom is 0.288 e. The highest BCUT2D eigenvalue weighted by Crippen LogP contribution is 2.32. The van der Waals surface area contributed by atoms with Crippen molar-refractivity contribution in [2.75, 3.05) is 5.32 Å². The van der Waals surface area contributed by atoms with Gasteiger partial charge in [0, 0.05) is 9.37 Å². The lowest BCUT2D eigenvalue weighted by Crippen LogP contribution is -2.13. The Hall–Kier alpha value is -1.40. The summed E-state index contributed by atoms with van der Waals surface area (Å²) in [6.45, 7) is 1.88. The van der Waals surface area contributed by atoms with Crippen LogP contribution in [-0.4, -0.2) is 11.7 Å². The number of nitrogens with one attached hydrogen (secondary N) is 1. The summed E-state index contributed by atoms with van der Waals surface area (Å²) in [5, 5.41) is 2.68. The Morgan fingerprint density at radius 2 is 1.95 bits per heavy atom. The van der Waals surface area contributed by atoms with Gasteiger partial charge in [-0.3, -0.25) is 4.79 Å². The lowest BCUT2D eigenvalue weighted by Gasteiger charge is -2.11. The average Bonchev–Trinajstić information content (AvgIpc) is 2.43. The summed E-state index contributed by atoms with van der Waals surface area (Å²) in [6, 6.07) is 11.9. The predicted molar refractivity (Wildman–Crippen MR) is 85.1 cm³/mol. The maximum atomic E-state index is 12.5. The fraction of sp³-hybridized carbons (Fsp3) is 0.133. The van der Waals surface area contributed by atoms with Crippen molar-refractivity contribution in [2.24, 2.45) is 0 Å². The van der Waals surface area contributed by atoms with Gasteiger partial charge < -0.3 is 5.32 Å². The first-order valence-electron chi connectivity index (χ1n) is 6.08. The molecule has 2 aromatic rings. The summed E-state index contributed by atoms with van der Waals surface area (Å²) < 4.78 is 25.7. The largest absolute Gasteiger partial charge is 0.321 e. The zero-order valence-corrected chi connectivity index (χ0v) is 13.5. The van der Waals surface area contributed by atoms with E-state index < -0.39 is 5.76 Å². The molecule has 2 rings (SSSR count). The third-order valence-electron chi connectivity index (χ3n) is 2.72. The molecule has 0 aliphatic heterocycles. The molecule has 0 aromatic heterocycles. The van der Waals surface area contributed by atoms with E-state index in [2.05, 4.69) is 21.2 Å². The lowest BCUT2D eigenvalue weighted by molar-refractivity contribution is 0.102. The number of hydrogen-bond acceptors (Lipinski definition) is 2. The summed E-state index contributed by atoms with van der Waals surface area (Å²) in [7, 11) is 0. The summed E-state index contributed by atoms with van der Waals surface area (Å²) in [5.74, 6) is -2.87. The normalized spacial score (nSPS) is 10.7. The van der Waals surface area contributed by atoms with Crippen LogP contribution in [0.25, 0.3) is 0 Å². The van der Waals surface area contributed by atoms with Gasteiger partial charge in [-0.25, -0.2) is 0 Å². The third-order valence-corrected chi connectivity index (χ3v) is 4.20. The van der Waals surface area contributed by atoms with E-state index in [0.717, 1.165) is 5.56 Å². The van der Waals surface area contributed by atoms with Crippen LogP contribution in [0.3, 0.4) is 0 Å². The molecule has 110 valence electrons. The molecular weight excluding hydrogens is 360 g/mol. The van der Waals surface area contributed by atoms with Gasteiger partial charge in [-0.15, -0.1) is 0 Å². The fourth-order valence-corrected chi connectivity index (χ4v) is 2.79. The standard InChI is InChI=1S/C15H12BrF2NOS/c1-9-6-7-11(16)10(8-9)14(20)19-12-4-2-3-5-13(12)21-15(17)18/h2-8,15H,1H3,(H,19,20). The Labute approximate surface area is 134 Å². The number of carbonyl (C=O) groups is 1. The number of rotatable bonds is 4. The number of aryl methyl sites for hydroxylation is 1. The minimum Gasteiger partial charge on any atom is -0.321 e. The number of alkyl halides is 2. The quantitative estimate of drug-likeness (QED) is 0.736. The third kappa shape index (κ3) is 4.28. The Morgan fingerprint density at radius 1 is 1.24 bits per heavy atom. The van der Waals surface area contributed by atoms with E-state index in [1.807, 2.05) is 13.0 Å². The van der Waals surface area contributed by atoms with Crippen molar-refractivity contribution >= 4 is 39.3 Å². The van der Waals surface area contributed by atoms with E-state index in [-0.39, 0.29) is 5.91 Å². The number of carbonyl (C=O) groups excluding carboxylic acids is 1. The molecule has 21 heavy (non-hydrogen) atoms. The molecule has 0 radical (unpaired) electrons. The molecule has 0 unspecified atom stereocenters. The Morgan fingerprint density at radius 3 is 2.67 bits per heavy atom. The number of halogens is 3. The Bertz CT molecular complexity index is 664. The minimum absolute atomic E-state index is 0.338. The Kier molecular flexibility index (Phi) is 5.36. The van der Waals surface area contributed by atoms with Crippen LogP contribution in [0, 0.1) is 6.92 Å². The molecule has 0 fully saturated rings. The van der Waals surface area contributed by atoms with E-state index in [1.54, 1.807) is 36.4 Å². The van der Waals surface area contributed by atoms with Crippen molar-refractivity contribution in [2.45, 2.75) is 17.6 Å². The number of para-hydroxylation sites is 1. The van der Waals surface area contributed by atoms with Crippen LogP contribution in [0.5, 0.6) is 0 Å². The van der Waals surface area contributed by atoms with Crippen LogP contribution in [0.4, 0.5) is 14.5 Å². The summed E-state index contributed by atoms with van der Waals surface area (Å²) >= 11 is 3.73. The molecule has 0 atom stereocenters. The van der Waals surface area contributed by atoms with Gasteiger partial charge in [-0.05, 0) is 47.1 Å². The molecular formula is C15H12BrF2NOS. The second-order valence-corrected chi connectivity index (χ2v) is 6.20. The number of benzene rings is 2. The van der Waals surface area contributed by atoms with Gasteiger partial charge in [0.1, 0.15) is 0 Å². The number of amides is 1. The van der Waals surface area contributed by atoms with Crippen molar-refractivity contribution in [3.05, 3.63) is 58.1 Å². The van der Waals surface area contributed by atoms with E-state index in [0.29, 0.717) is 32.4 Å². The van der Waals surface area contributed by atoms with Crippen LogP contribution < -0.4 is 5.32 Å². The van der Waals surface area contributed by atoms with Crippen LogP contribution in [-0.2, 0) is 0 Å². The zero-order valence-electron chi connectivity index (χ0n) is 11.1. The topological polar surface area (TPSA) is 29.1 Å². The molecule has 2 aromatic carbocycles. The van der Waals surface area contributed by atoms with Gasteiger partial charge in [0.15, 0.2) is 0 Å². The van der Waals surface area contributed by atoms with Gasteiger partial charge in [0.05, 0.1) is 11.3 Å². The number of anilines is 1. The molecule has 6 heteroatoms. The second kappa shape index (κ2) is 7.04. The minimum atomic E-state index is -2.53. The van der Waals surface area contributed by atoms with Crippen molar-refractivity contribution in [1.82, 2.24) is 0 Å². The molecule has 0 spiro atoms. The summed E-state index contributed by atoms with van der Waals surface area (Å²) in [5.41, 5.74) is 1.78. The first-order chi connectivity index (χ1) is 9.97. The van der Waals surface area contributed by atoms with Gasteiger partial charge >= 0.3 is 0 Å². The molecule has 0 aliphatic carbocycles. The van der Waals surface area contributed by atoms with Crippen molar-refractivity contribution < 1.29 is 13.6 Å². The van der Waals surface area contributed by atoms with E-state index in [1.165, 1.54) is 0 Å². The lowest BCUT2D eigenvalue weighted by atomic mass is 10.1. The fourth-order valence-electron chi connectivity index (χ4n) is 1.77. The van der Waals surface area contributed by atoms with Crippen LogP contribution in [0.15, 0.2) is 51.8 Å². The van der Waals surface area contributed by atoms with E-state index in [9.17, 15) is 13.6 Å². The molecule has 0 heterocycles. The van der Waals surface area contributed by atoms with Crippen LogP contribution in [0.2, 0.25) is 0 Å². The van der Waals surface area contributed by atoms with Crippen LogP contribution in [0.1, 0.15) is 15.9 Å². The summed E-state index contributed by atoms with van der Waals surface area (Å²) in [6.07, 6.45) is 0. The van der Waals surface area contributed by atoms with Crippen molar-refractivity contribution in [3.63, 3.8) is 0 Å². The molecule has 0 saturated heterocycles. The SMILES string of the molecule is Cc1ccc(Br)c(C(=O)Nc2ccccc2SC(F)F)c1. The van der Waals surface area contributed by atoms with Crippen molar-refractivity contribution in [1.29, 1.82) is 0 Å².